The Labute approximate surface area is 157 Å². The molecule has 1 fully saturated rings. The molecule has 1 aliphatic carbocycles. The lowest BCUT2D eigenvalue weighted by Gasteiger charge is -2.35. The Morgan fingerprint density at radius 1 is 1.19 bits per heavy atom. The monoisotopic (exact) mass is 381 g/mol. The van der Waals surface area contributed by atoms with Gasteiger partial charge in [0, 0.05) is 6.54 Å². The fourth-order valence-corrected chi connectivity index (χ4v) is 4.84. The van der Waals surface area contributed by atoms with Crippen molar-refractivity contribution in [3.63, 3.8) is 0 Å². The minimum atomic E-state index is -3.44. The second kappa shape index (κ2) is 9.51. The molecule has 146 valence electrons. The number of hydrogen-bond donors (Lipinski definition) is 2. The molecule has 6 heteroatoms. The second-order valence-corrected chi connectivity index (χ2v) is 9.83. The van der Waals surface area contributed by atoms with Crippen molar-refractivity contribution in [3.8, 4) is 0 Å². The van der Waals surface area contributed by atoms with E-state index in [1.165, 1.54) is 6.42 Å². The largest absolute Gasteiger partial charge is 0.388 e. The summed E-state index contributed by atoms with van der Waals surface area (Å²) in [4.78, 5) is 12.0. The lowest BCUT2D eigenvalue weighted by Crippen LogP contribution is -2.47. The van der Waals surface area contributed by atoms with E-state index in [0.29, 0.717) is 12.8 Å². The Kier molecular flexibility index (Phi) is 7.65. The highest BCUT2D eigenvalue weighted by Gasteiger charge is 2.33. The highest BCUT2D eigenvalue weighted by atomic mass is 32.2. The van der Waals surface area contributed by atoms with E-state index >= 15 is 0 Å². The minimum Gasteiger partial charge on any atom is -0.388 e. The van der Waals surface area contributed by atoms with Gasteiger partial charge in [0.2, 0.25) is 5.91 Å². The number of carbonyl (C=O) groups excluding carboxylic acids is 1. The third kappa shape index (κ3) is 7.08. The van der Waals surface area contributed by atoms with Crippen LogP contribution < -0.4 is 5.32 Å². The Morgan fingerprint density at radius 2 is 1.85 bits per heavy atom. The molecule has 1 aliphatic rings. The first-order valence-electron chi connectivity index (χ1n) is 9.52. The van der Waals surface area contributed by atoms with Gasteiger partial charge < -0.3 is 10.4 Å². The Balaban J connectivity index is 1.73. The first-order chi connectivity index (χ1) is 12.3. The number of hydrogen-bond acceptors (Lipinski definition) is 4. The molecule has 1 aromatic carbocycles. The second-order valence-electron chi connectivity index (χ2n) is 7.65. The molecule has 0 spiro atoms. The average Bonchev–Trinajstić information content (AvgIpc) is 2.61. The molecule has 0 unspecified atom stereocenters. The van der Waals surface area contributed by atoms with E-state index in [1.54, 1.807) is 6.92 Å². The molecule has 1 saturated carbocycles. The van der Waals surface area contributed by atoms with Crippen LogP contribution in [0.3, 0.4) is 0 Å². The van der Waals surface area contributed by atoms with Gasteiger partial charge in [-0.25, -0.2) is 8.42 Å². The lowest BCUT2D eigenvalue weighted by molar-refractivity contribution is -0.120. The predicted octanol–water partition coefficient (Wildman–Crippen LogP) is 2.48. The average molecular weight is 382 g/mol. The maximum absolute atomic E-state index is 12.1. The van der Waals surface area contributed by atoms with Crippen molar-refractivity contribution in [2.24, 2.45) is 5.92 Å². The smallest absolute Gasteiger partial charge is 0.235 e. The number of rotatable bonds is 9. The molecule has 2 N–H and O–H groups in total. The Morgan fingerprint density at radius 3 is 2.50 bits per heavy atom. The van der Waals surface area contributed by atoms with Gasteiger partial charge in [-0.1, -0.05) is 49.6 Å². The van der Waals surface area contributed by atoms with E-state index in [-0.39, 0.29) is 18.2 Å². The van der Waals surface area contributed by atoms with Crippen molar-refractivity contribution >= 4 is 15.7 Å². The summed E-state index contributed by atoms with van der Waals surface area (Å²) in [6.45, 7) is 1.84. The SMILES string of the molecule is C[C@@](O)(CNC(=O)CS(=O)(=O)CCCc1ccccc1)C1CCCCC1. The van der Waals surface area contributed by atoms with Gasteiger partial charge in [-0.15, -0.1) is 0 Å². The molecule has 1 atom stereocenters. The fraction of sp³-hybridized carbons (Fsp3) is 0.650. The third-order valence-electron chi connectivity index (χ3n) is 5.24. The first kappa shape index (κ1) is 20.9. The zero-order valence-corrected chi connectivity index (χ0v) is 16.4. The number of nitrogens with one attached hydrogen (secondary N) is 1. The van der Waals surface area contributed by atoms with Crippen LogP contribution in [-0.2, 0) is 21.1 Å². The van der Waals surface area contributed by atoms with Gasteiger partial charge in [0.05, 0.1) is 11.4 Å². The Hall–Kier alpha value is -1.40. The normalized spacial score (nSPS) is 18.2. The predicted molar refractivity (Wildman–Crippen MR) is 104 cm³/mol. The highest BCUT2D eigenvalue weighted by molar-refractivity contribution is 7.92. The number of amides is 1. The van der Waals surface area contributed by atoms with Crippen LogP contribution in [0.2, 0.25) is 0 Å². The number of aryl methyl sites for hydroxylation is 1. The van der Waals surface area contributed by atoms with E-state index in [1.807, 2.05) is 30.3 Å². The summed E-state index contributed by atoms with van der Waals surface area (Å²) in [7, 11) is -3.44. The van der Waals surface area contributed by atoms with Gasteiger partial charge in [0.25, 0.3) is 0 Å². The van der Waals surface area contributed by atoms with Crippen molar-refractivity contribution in [3.05, 3.63) is 35.9 Å². The molecule has 2 rings (SSSR count). The Bertz CT molecular complexity index is 664. The highest BCUT2D eigenvalue weighted by Crippen LogP contribution is 2.32. The van der Waals surface area contributed by atoms with Gasteiger partial charge in [-0.2, -0.15) is 0 Å². The van der Waals surface area contributed by atoms with Crippen molar-refractivity contribution in [1.82, 2.24) is 5.32 Å². The molecule has 26 heavy (non-hydrogen) atoms. The van der Waals surface area contributed by atoms with E-state index in [2.05, 4.69) is 5.32 Å². The zero-order valence-electron chi connectivity index (χ0n) is 15.6. The van der Waals surface area contributed by atoms with E-state index in [0.717, 1.165) is 31.2 Å². The fourth-order valence-electron chi connectivity index (χ4n) is 3.61. The van der Waals surface area contributed by atoms with Crippen molar-refractivity contribution < 1.29 is 18.3 Å². The van der Waals surface area contributed by atoms with Crippen LogP contribution >= 0.6 is 0 Å². The maximum atomic E-state index is 12.1. The van der Waals surface area contributed by atoms with Crippen LogP contribution in [0, 0.1) is 5.92 Å². The van der Waals surface area contributed by atoms with E-state index < -0.39 is 27.1 Å². The van der Waals surface area contributed by atoms with Crippen LogP contribution in [0.25, 0.3) is 0 Å². The van der Waals surface area contributed by atoms with Crippen molar-refractivity contribution in [1.29, 1.82) is 0 Å². The minimum absolute atomic E-state index is 0.00562. The summed E-state index contributed by atoms with van der Waals surface area (Å²) >= 11 is 0. The van der Waals surface area contributed by atoms with Crippen LogP contribution in [0.15, 0.2) is 30.3 Å². The van der Waals surface area contributed by atoms with Crippen LogP contribution in [0.1, 0.15) is 51.0 Å². The van der Waals surface area contributed by atoms with Gasteiger partial charge in [-0.05, 0) is 44.1 Å². The van der Waals surface area contributed by atoms with Crippen molar-refractivity contribution in [2.75, 3.05) is 18.1 Å². The summed E-state index contributed by atoms with van der Waals surface area (Å²) in [5.41, 5.74) is 0.114. The number of carbonyl (C=O) groups is 1. The molecule has 0 heterocycles. The lowest BCUT2D eigenvalue weighted by atomic mass is 9.78. The standard InChI is InChI=1S/C20H31NO4S/c1-20(23,18-12-6-3-7-13-18)16-21-19(22)15-26(24,25)14-8-11-17-9-4-2-5-10-17/h2,4-5,9-10,18,23H,3,6-8,11-16H2,1H3,(H,21,22)/t20-/m1/s1. The molecule has 1 amide bonds. The van der Waals surface area contributed by atoms with Crippen molar-refractivity contribution in [2.45, 2.75) is 57.5 Å². The summed E-state index contributed by atoms with van der Waals surface area (Å²) in [5, 5.41) is 13.2. The summed E-state index contributed by atoms with van der Waals surface area (Å²) < 4.78 is 24.3. The van der Waals surface area contributed by atoms with Crippen LogP contribution in [0.5, 0.6) is 0 Å². The van der Waals surface area contributed by atoms with Gasteiger partial charge >= 0.3 is 0 Å². The molecule has 0 aliphatic heterocycles. The molecule has 0 saturated heterocycles. The molecule has 0 radical (unpaired) electrons. The molecular weight excluding hydrogens is 350 g/mol. The first-order valence-corrected chi connectivity index (χ1v) is 11.3. The maximum Gasteiger partial charge on any atom is 0.235 e. The summed E-state index contributed by atoms with van der Waals surface area (Å²) in [5.74, 6) is -0.878. The van der Waals surface area contributed by atoms with Gasteiger partial charge in [0.1, 0.15) is 5.75 Å². The molecule has 0 bridgehead atoms. The topological polar surface area (TPSA) is 83.5 Å². The molecule has 1 aromatic rings. The summed E-state index contributed by atoms with van der Waals surface area (Å²) in [6.07, 6.45) is 6.49. The number of benzene rings is 1. The van der Waals surface area contributed by atoms with Crippen LogP contribution in [0.4, 0.5) is 0 Å². The number of sulfone groups is 1. The quantitative estimate of drug-likeness (QED) is 0.688. The van der Waals surface area contributed by atoms with Crippen LogP contribution in [-0.4, -0.2) is 43.1 Å². The molecule has 0 aromatic heterocycles. The third-order valence-corrected chi connectivity index (χ3v) is 6.86. The molecular formula is C20H31NO4S. The van der Waals surface area contributed by atoms with Gasteiger partial charge in [-0.3, -0.25) is 4.79 Å². The summed E-state index contributed by atoms with van der Waals surface area (Å²) in [6, 6.07) is 9.71. The van der Waals surface area contributed by atoms with E-state index in [4.69, 9.17) is 0 Å². The zero-order chi connectivity index (χ0) is 19.0. The number of aliphatic hydroxyl groups is 1. The van der Waals surface area contributed by atoms with E-state index in [9.17, 15) is 18.3 Å². The van der Waals surface area contributed by atoms with Gasteiger partial charge in [0.15, 0.2) is 9.84 Å². The molecule has 5 nitrogen and oxygen atoms in total.